The number of methoxy groups -OCH3 is 1. The van der Waals surface area contributed by atoms with E-state index in [-0.39, 0.29) is 5.97 Å². The van der Waals surface area contributed by atoms with Crippen LogP contribution < -0.4 is 5.32 Å². The Balaban J connectivity index is 2.11. The fraction of sp³-hybridized carbons (Fsp3) is 0.286. The van der Waals surface area contributed by atoms with Crippen molar-refractivity contribution in [2.24, 2.45) is 0 Å². The number of carbonyl (C=O) groups is 1. The molecule has 0 radical (unpaired) electrons. The molecule has 2 aromatic heterocycles. The van der Waals surface area contributed by atoms with E-state index in [0.717, 1.165) is 11.3 Å². The summed E-state index contributed by atoms with van der Waals surface area (Å²) in [5.74, 6) is -0.304. The van der Waals surface area contributed by atoms with E-state index >= 15 is 0 Å². The highest BCUT2D eigenvalue weighted by Crippen LogP contribution is 2.16. The van der Waals surface area contributed by atoms with Crippen LogP contribution in [0.1, 0.15) is 22.2 Å². The zero-order valence-corrected chi connectivity index (χ0v) is 11.7. The lowest BCUT2D eigenvalue weighted by Crippen LogP contribution is -2.29. The molecule has 2 heterocycles. The minimum absolute atomic E-state index is 0.304. The highest BCUT2D eigenvalue weighted by molar-refractivity contribution is 7.09. The number of esters is 1. The summed E-state index contributed by atoms with van der Waals surface area (Å²) in [5, 5.41) is 5.22. The first-order valence-corrected chi connectivity index (χ1v) is 6.85. The van der Waals surface area contributed by atoms with Gasteiger partial charge in [-0.2, -0.15) is 0 Å². The first kappa shape index (κ1) is 13.7. The molecule has 0 aliphatic carbocycles. The van der Waals surface area contributed by atoms with Gasteiger partial charge in [-0.25, -0.2) is 4.79 Å². The van der Waals surface area contributed by atoms with Gasteiger partial charge in [0.15, 0.2) is 0 Å². The highest BCUT2D eigenvalue weighted by atomic mass is 32.1. The van der Waals surface area contributed by atoms with E-state index in [0.29, 0.717) is 6.54 Å². The lowest BCUT2D eigenvalue weighted by atomic mass is 10.1. The van der Waals surface area contributed by atoms with Crippen molar-refractivity contribution in [2.45, 2.75) is 19.5 Å². The third-order valence-corrected chi connectivity index (χ3v) is 3.64. The second kappa shape index (κ2) is 6.45. The van der Waals surface area contributed by atoms with Gasteiger partial charge in [0.05, 0.1) is 7.11 Å². The van der Waals surface area contributed by atoms with Gasteiger partial charge in [0.1, 0.15) is 6.04 Å². The maximum atomic E-state index is 11.8. The van der Waals surface area contributed by atoms with Crippen molar-refractivity contribution in [1.29, 1.82) is 0 Å². The molecule has 2 aromatic rings. The van der Waals surface area contributed by atoms with Gasteiger partial charge in [-0.05, 0) is 30.0 Å². The summed E-state index contributed by atoms with van der Waals surface area (Å²) >= 11 is 1.65. The predicted molar refractivity (Wildman–Crippen MR) is 74.9 cm³/mol. The third kappa shape index (κ3) is 3.62. The van der Waals surface area contributed by atoms with Gasteiger partial charge in [-0.1, -0.05) is 12.1 Å². The van der Waals surface area contributed by atoms with Crippen LogP contribution in [0.2, 0.25) is 0 Å². The summed E-state index contributed by atoms with van der Waals surface area (Å²) in [7, 11) is 1.39. The van der Waals surface area contributed by atoms with Crippen LogP contribution in [-0.4, -0.2) is 18.1 Å². The van der Waals surface area contributed by atoms with Crippen molar-refractivity contribution in [3.05, 3.63) is 52.0 Å². The summed E-state index contributed by atoms with van der Waals surface area (Å²) in [5.41, 5.74) is 1.74. The molecule has 0 aliphatic rings. The number of aryl methyl sites for hydroxylation is 1. The number of rotatable bonds is 5. The van der Waals surface area contributed by atoms with Gasteiger partial charge in [0.25, 0.3) is 0 Å². The third-order valence-electron chi connectivity index (χ3n) is 2.76. The summed E-state index contributed by atoms with van der Waals surface area (Å²) < 4.78 is 4.84. The van der Waals surface area contributed by atoms with Crippen molar-refractivity contribution in [3.8, 4) is 0 Å². The van der Waals surface area contributed by atoms with Crippen LogP contribution in [0.4, 0.5) is 0 Å². The minimum atomic E-state index is -0.486. The highest BCUT2D eigenvalue weighted by Gasteiger charge is 2.21. The first-order chi connectivity index (χ1) is 9.20. The van der Waals surface area contributed by atoms with E-state index in [9.17, 15) is 4.79 Å². The Labute approximate surface area is 116 Å². The lowest BCUT2D eigenvalue weighted by molar-refractivity contribution is -0.143. The summed E-state index contributed by atoms with van der Waals surface area (Å²) in [6, 6.07) is 7.31. The molecule has 2 rings (SSSR count). The molecule has 100 valence electrons. The molecule has 0 spiro atoms. The van der Waals surface area contributed by atoms with Gasteiger partial charge in [-0.3, -0.25) is 10.3 Å². The van der Waals surface area contributed by atoms with Gasteiger partial charge in [-0.15, -0.1) is 11.3 Å². The van der Waals surface area contributed by atoms with Gasteiger partial charge >= 0.3 is 5.97 Å². The topological polar surface area (TPSA) is 51.2 Å². The van der Waals surface area contributed by atoms with Crippen LogP contribution in [0, 0.1) is 6.92 Å². The van der Waals surface area contributed by atoms with Crippen LogP contribution in [0.3, 0.4) is 0 Å². The lowest BCUT2D eigenvalue weighted by Gasteiger charge is -2.16. The average Bonchev–Trinajstić information content (AvgIpc) is 2.93. The fourth-order valence-electron chi connectivity index (χ4n) is 1.72. The van der Waals surface area contributed by atoms with Crippen LogP contribution in [-0.2, 0) is 16.1 Å². The normalized spacial score (nSPS) is 12.1. The molecule has 0 bridgehead atoms. The largest absolute Gasteiger partial charge is 0.468 e. The Morgan fingerprint density at radius 3 is 2.89 bits per heavy atom. The van der Waals surface area contributed by atoms with Crippen molar-refractivity contribution in [1.82, 2.24) is 10.3 Å². The summed E-state index contributed by atoms with van der Waals surface area (Å²) in [6.45, 7) is 2.54. The van der Waals surface area contributed by atoms with Gasteiger partial charge in [0.2, 0.25) is 0 Å². The van der Waals surface area contributed by atoms with Crippen LogP contribution in [0.5, 0.6) is 0 Å². The van der Waals surface area contributed by atoms with Gasteiger partial charge < -0.3 is 4.74 Å². The number of hydrogen-bond donors (Lipinski definition) is 1. The zero-order valence-electron chi connectivity index (χ0n) is 10.9. The molecular weight excluding hydrogens is 260 g/mol. The number of aromatic nitrogens is 1. The van der Waals surface area contributed by atoms with Crippen molar-refractivity contribution in [3.63, 3.8) is 0 Å². The molecule has 1 unspecified atom stereocenters. The number of pyridine rings is 1. The Morgan fingerprint density at radius 1 is 1.47 bits per heavy atom. The number of nitrogens with one attached hydrogen (secondary N) is 1. The average molecular weight is 276 g/mol. The second-order valence-corrected chi connectivity index (χ2v) is 5.18. The monoisotopic (exact) mass is 276 g/mol. The molecule has 0 amide bonds. The molecule has 1 N–H and O–H groups in total. The van der Waals surface area contributed by atoms with E-state index in [2.05, 4.69) is 10.3 Å². The smallest absolute Gasteiger partial charge is 0.327 e. The van der Waals surface area contributed by atoms with E-state index < -0.39 is 6.04 Å². The molecule has 0 aliphatic heterocycles. The molecule has 19 heavy (non-hydrogen) atoms. The van der Waals surface area contributed by atoms with E-state index in [1.54, 1.807) is 17.5 Å². The van der Waals surface area contributed by atoms with E-state index in [1.165, 1.54) is 12.0 Å². The SMILES string of the molecule is COC(=O)C(NCc1cccs1)c1ccc(C)nc1. The molecule has 1 atom stereocenters. The molecule has 0 fully saturated rings. The number of nitrogens with zero attached hydrogens (tertiary/aromatic N) is 1. The maximum Gasteiger partial charge on any atom is 0.327 e. The number of ether oxygens (including phenoxy) is 1. The Bertz CT molecular complexity index is 523. The van der Waals surface area contributed by atoms with E-state index in [4.69, 9.17) is 4.74 Å². The molecule has 5 heteroatoms. The Morgan fingerprint density at radius 2 is 2.32 bits per heavy atom. The van der Waals surface area contributed by atoms with Crippen LogP contribution in [0.25, 0.3) is 0 Å². The van der Waals surface area contributed by atoms with Crippen molar-refractivity contribution >= 4 is 17.3 Å². The van der Waals surface area contributed by atoms with Crippen molar-refractivity contribution < 1.29 is 9.53 Å². The zero-order chi connectivity index (χ0) is 13.7. The van der Waals surface area contributed by atoms with Crippen LogP contribution >= 0.6 is 11.3 Å². The van der Waals surface area contributed by atoms with E-state index in [1.807, 2.05) is 36.6 Å². The number of carbonyl (C=O) groups excluding carboxylic acids is 1. The molecule has 0 aromatic carbocycles. The maximum absolute atomic E-state index is 11.8. The van der Waals surface area contributed by atoms with Crippen molar-refractivity contribution in [2.75, 3.05) is 7.11 Å². The van der Waals surface area contributed by atoms with Crippen LogP contribution in [0.15, 0.2) is 35.8 Å². The predicted octanol–water partition coefficient (Wildman–Crippen LogP) is 2.46. The Kier molecular flexibility index (Phi) is 4.65. The summed E-state index contributed by atoms with van der Waals surface area (Å²) in [6.07, 6.45) is 1.71. The second-order valence-electron chi connectivity index (χ2n) is 4.15. The number of hydrogen-bond acceptors (Lipinski definition) is 5. The molecule has 0 saturated carbocycles. The molecular formula is C14H16N2O2S. The summed E-state index contributed by atoms with van der Waals surface area (Å²) in [4.78, 5) is 17.2. The minimum Gasteiger partial charge on any atom is -0.468 e. The standard InChI is InChI=1S/C14H16N2O2S/c1-10-5-6-11(8-15-10)13(14(17)18-2)16-9-12-4-3-7-19-12/h3-8,13,16H,9H2,1-2H3. The Hall–Kier alpha value is -1.72. The van der Waals surface area contributed by atoms with Gasteiger partial charge in [0, 0.05) is 23.3 Å². The fourth-order valence-corrected chi connectivity index (χ4v) is 2.38. The quantitative estimate of drug-likeness (QED) is 0.852. The number of thiophene rings is 1. The molecule has 4 nitrogen and oxygen atoms in total. The molecule has 0 saturated heterocycles. The first-order valence-electron chi connectivity index (χ1n) is 5.97.